The van der Waals surface area contributed by atoms with Gasteiger partial charge in [-0.15, -0.1) is 6.58 Å². The molecule has 284 valence electrons. The van der Waals surface area contributed by atoms with Gasteiger partial charge in [0.1, 0.15) is 17.1 Å². The van der Waals surface area contributed by atoms with E-state index in [1.54, 1.807) is 42.5 Å². The molecule has 2 aromatic rings. The Hall–Kier alpha value is -3.45. The number of hydrogen-bond acceptors (Lipinski definition) is 11. The van der Waals surface area contributed by atoms with Crippen molar-refractivity contribution in [3.63, 3.8) is 0 Å². The average Bonchev–Trinajstić information content (AvgIpc) is 3.12. The zero-order chi connectivity index (χ0) is 37.1. The van der Waals surface area contributed by atoms with Crippen molar-refractivity contribution in [1.29, 1.82) is 0 Å². The smallest absolute Gasteiger partial charge is 0.412 e. The fraction of sp³-hybridized carbons (Fsp3) is 0.600. The Morgan fingerprint density at radius 2 is 1.96 bits per heavy atom. The molecule has 0 radical (unpaired) electrons. The molecule has 0 spiro atoms. The number of hydrogen-bond donors (Lipinski definition) is 3. The van der Waals surface area contributed by atoms with Gasteiger partial charge in [0, 0.05) is 62.7 Å². The van der Waals surface area contributed by atoms with Crippen molar-refractivity contribution < 1.29 is 34.1 Å². The zero-order valence-corrected chi connectivity index (χ0v) is 31.9. The number of oxime groups is 1. The number of carbonyl (C=O) groups excluding carboxylic acids is 1. The van der Waals surface area contributed by atoms with E-state index >= 15 is 0 Å². The van der Waals surface area contributed by atoms with Gasteiger partial charge in [-0.2, -0.15) is 11.8 Å². The molecule has 52 heavy (non-hydrogen) atoms. The summed E-state index contributed by atoms with van der Waals surface area (Å²) in [5.41, 5.74) is 3.30. The predicted molar refractivity (Wildman–Crippen MR) is 204 cm³/mol. The standard InChI is InChI=1S/C40H56N4O7S/c1-6-21-48-40-35(52-22-16-28-26-41-17-18-43-28)25-33(44-51-39(3,4)5)31-23-27(12-8-10-19-45)30(13-9-11-20-46)36(37(31)40)32-24-29(14-15-34(32)50-40)49-38(47)42-7-2/h6,14-15,17-18,23-24,26-27,30,35-37,45-46H,1,7-13,16,19-22,25H2,2-5H3,(H,42,47). The minimum atomic E-state index is -1.08. The van der Waals surface area contributed by atoms with Gasteiger partial charge in [-0.05, 0) is 94.7 Å². The van der Waals surface area contributed by atoms with Crippen molar-refractivity contribution >= 4 is 23.6 Å². The Kier molecular flexibility index (Phi) is 14.2. The summed E-state index contributed by atoms with van der Waals surface area (Å²) in [5, 5.41) is 27.0. The van der Waals surface area contributed by atoms with E-state index in [0.29, 0.717) is 37.3 Å². The maximum absolute atomic E-state index is 12.6. The predicted octanol–water partition coefficient (Wildman–Crippen LogP) is 6.99. The molecule has 3 N–H and O–H groups in total. The molecule has 6 atom stereocenters. The van der Waals surface area contributed by atoms with Crippen LogP contribution in [0.15, 0.2) is 66.2 Å². The van der Waals surface area contributed by atoms with Crippen LogP contribution in [0.1, 0.15) is 89.8 Å². The first kappa shape index (κ1) is 39.8. The van der Waals surface area contributed by atoms with Gasteiger partial charge >= 0.3 is 6.09 Å². The number of aliphatic hydroxyl groups is 2. The summed E-state index contributed by atoms with van der Waals surface area (Å²) in [4.78, 5) is 27.5. The molecule has 0 bridgehead atoms. The lowest BCUT2D eigenvalue weighted by Crippen LogP contribution is -2.64. The molecule has 1 aliphatic heterocycles. The third kappa shape index (κ3) is 9.55. The third-order valence-electron chi connectivity index (χ3n) is 9.88. The van der Waals surface area contributed by atoms with Gasteiger partial charge in [0.25, 0.3) is 0 Å². The number of fused-ring (bicyclic) bond motifs is 2. The van der Waals surface area contributed by atoms with Gasteiger partial charge in [0.2, 0.25) is 5.79 Å². The molecule has 1 fully saturated rings. The second-order valence-corrected chi connectivity index (χ2v) is 16.0. The summed E-state index contributed by atoms with van der Waals surface area (Å²) in [6, 6.07) is 5.63. The van der Waals surface area contributed by atoms with Gasteiger partial charge < -0.3 is 34.6 Å². The Morgan fingerprint density at radius 1 is 1.17 bits per heavy atom. The molecule has 1 amide bonds. The van der Waals surface area contributed by atoms with E-state index in [1.807, 2.05) is 39.8 Å². The SMILES string of the molecule is C=CCOC12Oc3ccc(OC(=O)NCC)cc3C3C(CCCCO)C(CCCCO)C=C(C(=NOC(C)(C)C)CC1SCCc1cnccn1)C32. The fourth-order valence-corrected chi connectivity index (χ4v) is 9.17. The number of thioether (sulfide) groups is 1. The molecule has 11 nitrogen and oxygen atoms in total. The summed E-state index contributed by atoms with van der Waals surface area (Å²) in [6.07, 6.45) is 15.0. The second-order valence-electron chi connectivity index (χ2n) is 14.7. The van der Waals surface area contributed by atoms with Gasteiger partial charge in [0.15, 0.2) is 0 Å². The van der Waals surface area contributed by atoms with Crippen LogP contribution in [0.4, 0.5) is 4.79 Å². The number of nitrogens with zero attached hydrogens (tertiary/aromatic N) is 3. The Balaban J connectivity index is 1.69. The van der Waals surface area contributed by atoms with Crippen LogP contribution in [0, 0.1) is 17.8 Å². The number of benzene rings is 1. The van der Waals surface area contributed by atoms with Gasteiger partial charge in [-0.25, -0.2) is 4.79 Å². The number of aliphatic hydroxyl groups excluding tert-OH is 2. The van der Waals surface area contributed by atoms with E-state index in [-0.39, 0.29) is 48.7 Å². The molecule has 6 unspecified atom stereocenters. The van der Waals surface area contributed by atoms with Crippen LogP contribution < -0.4 is 14.8 Å². The molecule has 1 aromatic heterocycles. The van der Waals surface area contributed by atoms with E-state index in [9.17, 15) is 15.0 Å². The van der Waals surface area contributed by atoms with E-state index in [4.69, 9.17) is 24.2 Å². The van der Waals surface area contributed by atoms with Gasteiger partial charge in [-0.3, -0.25) is 9.97 Å². The lowest BCUT2D eigenvalue weighted by atomic mass is 9.56. The molecule has 12 heteroatoms. The Labute approximate surface area is 312 Å². The van der Waals surface area contributed by atoms with E-state index in [2.05, 4.69) is 27.9 Å². The Bertz CT molecular complexity index is 1550. The highest BCUT2D eigenvalue weighted by Gasteiger charge is 2.64. The van der Waals surface area contributed by atoms with Crippen molar-refractivity contribution in [2.24, 2.45) is 22.9 Å². The molecule has 3 aliphatic rings. The van der Waals surface area contributed by atoms with Crippen LogP contribution in [0.2, 0.25) is 0 Å². The van der Waals surface area contributed by atoms with Crippen LogP contribution in [-0.2, 0) is 16.0 Å². The minimum Gasteiger partial charge on any atom is -0.460 e. The van der Waals surface area contributed by atoms with Crippen molar-refractivity contribution in [2.75, 3.05) is 32.1 Å². The molecular weight excluding hydrogens is 681 g/mol. The van der Waals surface area contributed by atoms with Crippen molar-refractivity contribution in [3.05, 3.63) is 72.4 Å². The largest absolute Gasteiger partial charge is 0.460 e. The monoisotopic (exact) mass is 736 g/mol. The minimum absolute atomic E-state index is 0.104. The van der Waals surface area contributed by atoms with Crippen molar-refractivity contribution in [2.45, 2.75) is 102 Å². The number of ether oxygens (including phenoxy) is 3. The fourth-order valence-electron chi connectivity index (χ4n) is 7.78. The van der Waals surface area contributed by atoms with Crippen LogP contribution in [0.5, 0.6) is 11.5 Å². The number of rotatable bonds is 18. The third-order valence-corrected chi connectivity index (χ3v) is 11.2. The maximum atomic E-state index is 12.6. The summed E-state index contributed by atoms with van der Waals surface area (Å²) in [6.45, 7) is 12.8. The number of carbonyl (C=O) groups is 1. The number of unbranched alkanes of at least 4 members (excludes halogenated alkanes) is 2. The molecule has 1 saturated carbocycles. The van der Waals surface area contributed by atoms with Crippen LogP contribution in [0.3, 0.4) is 0 Å². The first-order valence-corrected chi connectivity index (χ1v) is 19.8. The van der Waals surface area contributed by atoms with E-state index < -0.39 is 17.5 Å². The van der Waals surface area contributed by atoms with Crippen molar-refractivity contribution in [3.8, 4) is 11.5 Å². The highest BCUT2D eigenvalue weighted by Crippen LogP contribution is 2.62. The first-order chi connectivity index (χ1) is 25.1. The van der Waals surface area contributed by atoms with Gasteiger partial charge in [0.05, 0.1) is 29.2 Å². The Morgan fingerprint density at radius 3 is 2.65 bits per heavy atom. The molecule has 1 aromatic carbocycles. The van der Waals surface area contributed by atoms with Crippen molar-refractivity contribution in [1.82, 2.24) is 15.3 Å². The molecule has 2 heterocycles. The summed E-state index contributed by atoms with van der Waals surface area (Å²) < 4.78 is 19.9. The number of aromatic nitrogens is 2. The van der Waals surface area contributed by atoms with Gasteiger partial charge in [-0.1, -0.05) is 30.1 Å². The lowest BCUT2D eigenvalue weighted by molar-refractivity contribution is -0.223. The average molecular weight is 737 g/mol. The molecule has 0 saturated heterocycles. The summed E-state index contributed by atoms with van der Waals surface area (Å²) in [5.74, 6) is 0.710. The number of allylic oxidation sites excluding steroid dienone is 1. The summed E-state index contributed by atoms with van der Waals surface area (Å²) in [7, 11) is 0. The molecule has 5 rings (SSSR count). The summed E-state index contributed by atoms with van der Waals surface area (Å²) >= 11 is 1.78. The number of nitrogens with one attached hydrogen (secondary N) is 1. The van der Waals surface area contributed by atoms with Crippen LogP contribution in [0.25, 0.3) is 0 Å². The lowest BCUT2D eigenvalue weighted by Gasteiger charge is -2.58. The van der Waals surface area contributed by atoms with E-state index in [1.165, 1.54) is 0 Å². The van der Waals surface area contributed by atoms with Crippen LogP contribution in [-0.4, -0.2) is 80.7 Å². The quantitative estimate of drug-likeness (QED) is 0.0832. The highest BCUT2D eigenvalue weighted by molar-refractivity contribution is 8.00. The first-order valence-electron chi connectivity index (χ1n) is 18.7. The van der Waals surface area contributed by atoms with Crippen LogP contribution >= 0.6 is 11.8 Å². The number of aryl methyl sites for hydroxylation is 1. The van der Waals surface area contributed by atoms with E-state index in [0.717, 1.165) is 60.4 Å². The second kappa shape index (κ2) is 18.5. The zero-order valence-electron chi connectivity index (χ0n) is 31.1. The molecule has 2 aliphatic carbocycles. The topological polar surface area (TPSA) is 145 Å². The normalized spacial score (nSPS) is 25.7. The molecular formula is C40H56N4O7S. The number of amides is 1. The highest BCUT2D eigenvalue weighted by atomic mass is 32.2. The maximum Gasteiger partial charge on any atom is 0.412 e.